The molecular weight excluding hydrogens is 291 g/mol. The summed E-state index contributed by atoms with van der Waals surface area (Å²) >= 11 is 0. The lowest BCUT2D eigenvalue weighted by Gasteiger charge is -2.07. The quantitative estimate of drug-likeness (QED) is 0.873. The largest absolute Gasteiger partial charge is 0.488 e. The topological polar surface area (TPSA) is 43.4 Å². The predicted molar refractivity (Wildman–Crippen MR) is 78.2 cm³/mol. The SMILES string of the molecule is Cc1ccc(OCC2=Cc3c(F)cccc3S2(=O)=O)cc1. The molecule has 0 aliphatic carbocycles. The van der Waals surface area contributed by atoms with Crippen molar-refractivity contribution >= 4 is 15.9 Å². The summed E-state index contributed by atoms with van der Waals surface area (Å²) in [6.45, 7) is 1.84. The van der Waals surface area contributed by atoms with E-state index in [1.54, 1.807) is 12.1 Å². The van der Waals surface area contributed by atoms with E-state index in [2.05, 4.69) is 0 Å². The zero-order valence-electron chi connectivity index (χ0n) is 11.3. The first-order valence-electron chi connectivity index (χ1n) is 6.42. The molecule has 1 aliphatic heterocycles. The summed E-state index contributed by atoms with van der Waals surface area (Å²) in [7, 11) is -3.65. The zero-order chi connectivity index (χ0) is 15.0. The monoisotopic (exact) mass is 304 g/mol. The van der Waals surface area contributed by atoms with Crippen molar-refractivity contribution < 1.29 is 17.5 Å². The van der Waals surface area contributed by atoms with Gasteiger partial charge >= 0.3 is 0 Å². The third-order valence-electron chi connectivity index (χ3n) is 3.36. The van der Waals surface area contributed by atoms with Crippen LogP contribution in [0.15, 0.2) is 52.3 Å². The molecule has 21 heavy (non-hydrogen) atoms. The first-order chi connectivity index (χ1) is 9.98. The van der Waals surface area contributed by atoms with Gasteiger partial charge in [-0.25, -0.2) is 12.8 Å². The van der Waals surface area contributed by atoms with Gasteiger partial charge in [-0.15, -0.1) is 0 Å². The minimum atomic E-state index is -3.65. The van der Waals surface area contributed by atoms with Crippen LogP contribution >= 0.6 is 0 Å². The van der Waals surface area contributed by atoms with E-state index in [-0.39, 0.29) is 22.0 Å². The highest BCUT2D eigenvalue weighted by atomic mass is 32.2. The van der Waals surface area contributed by atoms with Crippen LogP contribution in [-0.2, 0) is 9.84 Å². The van der Waals surface area contributed by atoms with Gasteiger partial charge in [0.15, 0.2) is 0 Å². The maximum Gasteiger partial charge on any atom is 0.206 e. The van der Waals surface area contributed by atoms with Crippen LogP contribution in [-0.4, -0.2) is 15.0 Å². The number of sulfone groups is 1. The molecule has 0 unspecified atom stereocenters. The lowest BCUT2D eigenvalue weighted by Crippen LogP contribution is -2.09. The van der Waals surface area contributed by atoms with Gasteiger partial charge in [-0.3, -0.25) is 0 Å². The van der Waals surface area contributed by atoms with Crippen molar-refractivity contribution in [1.29, 1.82) is 0 Å². The Hall–Kier alpha value is -2.14. The van der Waals surface area contributed by atoms with Gasteiger partial charge in [0.25, 0.3) is 0 Å². The van der Waals surface area contributed by atoms with E-state index in [1.165, 1.54) is 24.3 Å². The van der Waals surface area contributed by atoms with Crippen LogP contribution in [0.1, 0.15) is 11.1 Å². The van der Waals surface area contributed by atoms with Crippen molar-refractivity contribution in [1.82, 2.24) is 0 Å². The molecule has 5 heteroatoms. The molecular formula is C16H13FO3S. The van der Waals surface area contributed by atoms with E-state index in [0.29, 0.717) is 5.75 Å². The number of hydrogen-bond acceptors (Lipinski definition) is 3. The summed E-state index contributed by atoms with van der Waals surface area (Å²) in [5, 5.41) is 0. The lowest BCUT2D eigenvalue weighted by atomic mass is 10.2. The highest BCUT2D eigenvalue weighted by Gasteiger charge is 2.31. The first kappa shape index (κ1) is 13.8. The van der Waals surface area contributed by atoms with Gasteiger partial charge in [-0.1, -0.05) is 23.8 Å². The number of ether oxygens (including phenoxy) is 1. The van der Waals surface area contributed by atoms with Crippen LogP contribution in [0.25, 0.3) is 6.08 Å². The molecule has 0 fully saturated rings. The van der Waals surface area contributed by atoms with Crippen LogP contribution in [0, 0.1) is 12.7 Å². The standard InChI is InChI=1S/C16H13FO3S/c1-11-5-7-12(8-6-11)20-10-13-9-14-15(17)3-2-4-16(14)21(13,18)19/h2-9H,10H2,1H3. The second kappa shape index (κ2) is 5.00. The normalized spacial score (nSPS) is 15.4. The number of hydrogen-bond donors (Lipinski definition) is 0. The molecule has 1 aliphatic rings. The van der Waals surface area contributed by atoms with E-state index in [4.69, 9.17) is 4.74 Å². The first-order valence-corrected chi connectivity index (χ1v) is 7.90. The lowest BCUT2D eigenvalue weighted by molar-refractivity contribution is 0.359. The number of halogens is 1. The maximum atomic E-state index is 13.7. The zero-order valence-corrected chi connectivity index (χ0v) is 12.2. The van der Waals surface area contributed by atoms with Crippen molar-refractivity contribution in [2.75, 3.05) is 6.61 Å². The van der Waals surface area contributed by atoms with E-state index < -0.39 is 15.7 Å². The highest BCUT2D eigenvalue weighted by molar-refractivity contribution is 7.95. The molecule has 0 aromatic heterocycles. The number of rotatable bonds is 3. The molecule has 2 aromatic carbocycles. The van der Waals surface area contributed by atoms with Crippen molar-refractivity contribution in [3.8, 4) is 5.75 Å². The minimum Gasteiger partial charge on any atom is -0.488 e. The third-order valence-corrected chi connectivity index (χ3v) is 5.22. The fourth-order valence-electron chi connectivity index (χ4n) is 2.18. The van der Waals surface area contributed by atoms with Crippen molar-refractivity contribution in [2.24, 2.45) is 0 Å². The van der Waals surface area contributed by atoms with Crippen LogP contribution in [0.4, 0.5) is 4.39 Å². The molecule has 2 aromatic rings. The molecule has 0 amide bonds. The second-order valence-electron chi connectivity index (χ2n) is 4.87. The van der Waals surface area contributed by atoms with E-state index in [9.17, 15) is 12.8 Å². The second-order valence-corrected chi connectivity index (χ2v) is 6.84. The maximum absolute atomic E-state index is 13.7. The van der Waals surface area contributed by atoms with Crippen molar-refractivity contribution in [3.05, 3.63) is 64.3 Å². The summed E-state index contributed by atoms with van der Waals surface area (Å²) in [4.78, 5) is 0.0770. The average molecular weight is 304 g/mol. The fourth-order valence-corrected chi connectivity index (χ4v) is 3.65. The van der Waals surface area contributed by atoms with Gasteiger partial charge in [0, 0.05) is 5.56 Å². The Kier molecular flexibility index (Phi) is 3.29. The van der Waals surface area contributed by atoms with Gasteiger partial charge in [0.1, 0.15) is 18.2 Å². The molecule has 0 N–H and O–H groups in total. The number of fused-ring (bicyclic) bond motifs is 1. The smallest absolute Gasteiger partial charge is 0.206 e. The molecule has 0 bridgehead atoms. The molecule has 0 spiro atoms. The van der Waals surface area contributed by atoms with Crippen LogP contribution < -0.4 is 4.74 Å². The summed E-state index contributed by atoms with van der Waals surface area (Å²) in [5.74, 6) is 0.0366. The van der Waals surface area contributed by atoms with Gasteiger partial charge in [-0.05, 0) is 37.3 Å². The van der Waals surface area contributed by atoms with Gasteiger partial charge in [0.05, 0.1) is 9.80 Å². The Balaban J connectivity index is 1.86. The molecule has 3 nitrogen and oxygen atoms in total. The summed E-state index contributed by atoms with van der Waals surface area (Å²) in [6, 6.07) is 11.3. The summed E-state index contributed by atoms with van der Waals surface area (Å²) in [6.07, 6.45) is 1.34. The van der Waals surface area contributed by atoms with Crippen molar-refractivity contribution in [2.45, 2.75) is 11.8 Å². The summed E-state index contributed by atoms with van der Waals surface area (Å²) < 4.78 is 43.7. The highest BCUT2D eigenvalue weighted by Crippen LogP contribution is 2.34. The predicted octanol–water partition coefficient (Wildman–Crippen LogP) is 3.34. The van der Waals surface area contributed by atoms with Gasteiger partial charge in [0.2, 0.25) is 9.84 Å². The number of aryl methyl sites for hydroxylation is 1. The van der Waals surface area contributed by atoms with Gasteiger partial charge in [-0.2, -0.15) is 0 Å². The molecule has 1 heterocycles. The third kappa shape index (κ3) is 2.45. The Morgan fingerprint density at radius 3 is 2.48 bits per heavy atom. The number of benzene rings is 2. The minimum absolute atomic E-state index is 0.00464. The average Bonchev–Trinajstić information content (AvgIpc) is 2.71. The molecule has 3 rings (SSSR count). The molecule has 0 radical (unpaired) electrons. The van der Waals surface area contributed by atoms with Gasteiger partial charge < -0.3 is 4.74 Å². The Labute approximate surface area is 122 Å². The van der Waals surface area contributed by atoms with E-state index in [0.717, 1.165) is 5.56 Å². The molecule has 0 saturated heterocycles. The molecule has 0 atom stereocenters. The van der Waals surface area contributed by atoms with Crippen LogP contribution in [0.5, 0.6) is 5.75 Å². The van der Waals surface area contributed by atoms with Crippen LogP contribution in [0.2, 0.25) is 0 Å². The fraction of sp³-hybridized carbons (Fsp3) is 0.125. The Morgan fingerprint density at radius 1 is 1.10 bits per heavy atom. The Bertz CT molecular complexity index is 821. The van der Waals surface area contributed by atoms with E-state index in [1.807, 2.05) is 19.1 Å². The molecule has 0 saturated carbocycles. The van der Waals surface area contributed by atoms with Crippen molar-refractivity contribution in [3.63, 3.8) is 0 Å². The summed E-state index contributed by atoms with van der Waals surface area (Å²) in [5.41, 5.74) is 1.20. The molecule has 108 valence electrons. The van der Waals surface area contributed by atoms with E-state index >= 15 is 0 Å². The Morgan fingerprint density at radius 2 is 1.81 bits per heavy atom. The van der Waals surface area contributed by atoms with Crippen LogP contribution in [0.3, 0.4) is 0 Å².